The van der Waals surface area contributed by atoms with Gasteiger partial charge >= 0.3 is 5.97 Å². The summed E-state index contributed by atoms with van der Waals surface area (Å²) in [5, 5.41) is 9.69. The van der Waals surface area contributed by atoms with Crippen molar-refractivity contribution in [1.29, 1.82) is 0 Å². The Labute approximate surface area is 200 Å². The first-order chi connectivity index (χ1) is 16.6. The minimum Gasteiger partial charge on any atom is -0.497 e. The highest BCUT2D eigenvalue weighted by atomic mass is 16.5. The predicted octanol–water partition coefficient (Wildman–Crippen LogP) is 5.17. The second-order valence-corrected chi connectivity index (χ2v) is 8.53. The highest BCUT2D eigenvalue weighted by Gasteiger charge is 2.33. The lowest BCUT2D eigenvalue weighted by molar-refractivity contribution is -0.143. The van der Waals surface area contributed by atoms with Crippen LogP contribution >= 0.6 is 0 Å². The van der Waals surface area contributed by atoms with Crippen LogP contribution in [0.4, 0.5) is 0 Å². The van der Waals surface area contributed by atoms with Gasteiger partial charge in [0.25, 0.3) is 0 Å². The Morgan fingerprint density at radius 1 is 1.00 bits per heavy atom. The summed E-state index contributed by atoms with van der Waals surface area (Å²) in [6, 6.07) is 23.6. The molecular formula is C28H31NO5. The number of piperidine rings is 1. The summed E-state index contributed by atoms with van der Waals surface area (Å²) in [5.74, 6) is 1.08. The van der Waals surface area contributed by atoms with Gasteiger partial charge in [-0.25, -0.2) is 0 Å². The molecule has 34 heavy (non-hydrogen) atoms. The zero-order valence-electron chi connectivity index (χ0n) is 19.6. The second kappa shape index (κ2) is 11.1. The van der Waals surface area contributed by atoms with E-state index in [1.165, 1.54) is 0 Å². The lowest BCUT2D eigenvalue weighted by atomic mass is 9.90. The van der Waals surface area contributed by atoms with Crippen molar-refractivity contribution in [2.75, 3.05) is 27.3 Å². The van der Waals surface area contributed by atoms with E-state index in [0.717, 1.165) is 46.9 Å². The summed E-state index contributed by atoms with van der Waals surface area (Å²) in [7, 11) is 3.29. The fourth-order valence-corrected chi connectivity index (χ4v) is 4.60. The van der Waals surface area contributed by atoms with Gasteiger partial charge in [-0.2, -0.15) is 0 Å². The fraction of sp³-hybridized carbons (Fsp3) is 0.321. The molecule has 3 aromatic carbocycles. The number of carboxylic acid groups (broad SMARTS) is 1. The molecule has 1 heterocycles. The minimum atomic E-state index is -0.749. The molecule has 0 spiro atoms. The number of aliphatic carboxylic acids is 1. The Morgan fingerprint density at radius 2 is 1.82 bits per heavy atom. The number of nitrogens with zero attached hydrogens (tertiary/aromatic N) is 1. The highest BCUT2D eigenvalue weighted by molar-refractivity contribution is 5.70. The smallest absolute Gasteiger partial charge is 0.307 e. The molecule has 2 atom stereocenters. The fourth-order valence-electron chi connectivity index (χ4n) is 4.60. The molecule has 6 heteroatoms. The van der Waals surface area contributed by atoms with Crippen LogP contribution in [-0.2, 0) is 11.4 Å². The standard InChI is InChI=1S/C28H31NO5/c1-32-23-13-14-26(33-2)25(17-23)27(29-15-7-11-22(18-29)28(30)31)21-10-6-12-24(16-21)34-19-20-8-4-3-5-9-20/h3-6,8-10,12-14,16-17,22,27H,7,11,15,18-19H2,1-2H3,(H,30,31). The van der Waals surface area contributed by atoms with E-state index in [4.69, 9.17) is 14.2 Å². The van der Waals surface area contributed by atoms with Gasteiger partial charge in [0.2, 0.25) is 0 Å². The summed E-state index contributed by atoms with van der Waals surface area (Å²) < 4.78 is 17.3. The van der Waals surface area contributed by atoms with Crippen LogP contribution in [0.15, 0.2) is 72.8 Å². The summed E-state index contributed by atoms with van der Waals surface area (Å²) in [6.07, 6.45) is 1.51. The van der Waals surface area contributed by atoms with E-state index in [-0.39, 0.29) is 6.04 Å². The molecule has 0 radical (unpaired) electrons. The van der Waals surface area contributed by atoms with Crippen LogP contribution in [0, 0.1) is 5.92 Å². The maximum absolute atomic E-state index is 11.8. The molecule has 4 rings (SSSR count). The van der Waals surface area contributed by atoms with Crippen LogP contribution in [0.5, 0.6) is 17.2 Å². The van der Waals surface area contributed by atoms with Gasteiger partial charge in [-0.3, -0.25) is 9.69 Å². The van der Waals surface area contributed by atoms with Crippen LogP contribution in [0.2, 0.25) is 0 Å². The van der Waals surface area contributed by atoms with Crippen molar-refractivity contribution in [3.05, 3.63) is 89.5 Å². The molecule has 1 saturated heterocycles. The number of likely N-dealkylation sites (tertiary alicyclic amines) is 1. The Hall–Kier alpha value is -3.51. The van der Waals surface area contributed by atoms with Gasteiger partial charge in [-0.15, -0.1) is 0 Å². The van der Waals surface area contributed by atoms with Gasteiger partial charge in [0, 0.05) is 12.1 Å². The summed E-state index contributed by atoms with van der Waals surface area (Å²) >= 11 is 0. The monoisotopic (exact) mass is 461 g/mol. The molecule has 1 N–H and O–H groups in total. The van der Waals surface area contributed by atoms with Crippen molar-refractivity contribution in [2.45, 2.75) is 25.5 Å². The van der Waals surface area contributed by atoms with Crippen LogP contribution in [-0.4, -0.2) is 43.3 Å². The number of benzene rings is 3. The molecule has 0 aliphatic carbocycles. The topological polar surface area (TPSA) is 68.2 Å². The van der Waals surface area contributed by atoms with E-state index in [1.54, 1.807) is 14.2 Å². The molecule has 3 aromatic rings. The van der Waals surface area contributed by atoms with Gasteiger partial charge in [0.1, 0.15) is 23.9 Å². The predicted molar refractivity (Wildman–Crippen MR) is 131 cm³/mol. The molecule has 2 unspecified atom stereocenters. The zero-order valence-corrected chi connectivity index (χ0v) is 19.6. The van der Waals surface area contributed by atoms with Crippen molar-refractivity contribution in [3.8, 4) is 17.2 Å². The van der Waals surface area contributed by atoms with E-state index in [0.29, 0.717) is 19.6 Å². The average molecular weight is 462 g/mol. The van der Waals surface area contributed by atoms with Crippen LogP contribution in [0.3, 0.4) is 0 Å². The average Bonchev–Trinajstić information content (AvgIpc) is 2.88. The van der Waals surface area contributed by atoms with Crippen LogP contribution in [0.25, 0.3) is 0 Å². The van der Waals surface area contributed by atoms with Crippen LogP contribution < -0.4 is 14.2 Å². The molecular weight excluding hydrogens is 430 g/mol. The molecule has 0 bridgehead atoms. The van der Waals surface area contributed by atoms with E-state index in [1.807, 2.05) is 66.7 Å². The molecule has 0 amide bonds. The minimum absolute atomic E-state index is 0.201. The number of ether oxygens (including phenoxy) is 3. The molecule has 0 aromatic heterocycles. The molecule has 178 valence electrons. The van der Waals surface area contributed by atoms with Gasteiger partial charge in [0.05, 0.1) is 26.2 Å². The van der Waals surface area contributed by atoms with Gasteiger partial charge < -0.3 is 19.3 Å². The number of carboxylic acids is 1. The lowest BCUT2D eigenvalue weighted by Gasteiger charge is -2.38. The zero-order chi connectivity index (χ0) is 23.9. The van der Waals surface area contributed by atoms with Crippen molar-refractivity contribution >= 4 is 5.97 Å². The quantitative estimate of drug-likeness (QED) is 0.474. The number of carbonyl (C=O) groups is 1. The molecule has 1 fully saturated rings. The number of rotatable bonds is 9. The van der Waals surface area contributed by atoms with E-state index < -0.39 is 11.9 Å². The van der Waals surface area contributed by atoms with Crippen molar-refractivity contribution < 1.29 is 24.1 Å². The number of hydrogen-bond acceptors (Lipinski definition) is 5. The first kappa shape index (κ1) is 23.6. The van der Waals surface area contributed by atoms with Crippen molar-refractivity contribution in [1.82, 2.24) is 4.90 Å². The third-order valence-electron chi connectivity index (χ3n) is 6.32. The van der Waals surface area contributed by atoms with Gasteiger partial charge in [0.15, 0.2) is 0 Å². The summed E-state index contributed by atoms with van der Waals surface area (Å²) in [6.45, 7) is 1.74. The maximum Gasteiger partial charge on any atom is 0.307 e. The Balaban J connectivity index is 1.71. The van der Waals surface area contributed by atoms with Gasteiger partial charge in [-0.1, -0.05) is 42.5 Å². The third-order valence-corrected chi connectivity index (χ3v) is 6.32. The lowest BCUT2D eigenvalue weighted by Crippen LogP contribution is -2.41. The maximum atomic E-state index is 11.8. The molecule has 1 aliphatic rings. The largest absolute Gasteiger partial charge is 0.497 e. The first-order valence-electron chi connectivity index (χ1n) is 11.5. The van der Waals surface area contributed by atoms with Crippen molar-refractivity contribution in [2.24, 2.45) is 5.92 Å². The number of methoxy groups -OCH3 is 2. The van der Waals surface area contributed by atoms with E-state index in [9.17, 15) is 9.90 Å². The van der Waals surface area contributed by atoms with Crippen molar-refractivity contribution in [3.63, 3.8) is 0 Å². The second-order valence-electron chi connectivity index (χ2n) is 8.53. The summed E-state index contributed by atoms with van der Waals surface area (Å²) in [5.41, 5.74) is 3.05. The molecule has 6 nitrogen and oxygen atoms in total. The number of hydrogen-bond donors (Lipinski definition) is 1. The van der Waals surface area contributed by atoms with E-state index >= 15 is 0 Å². The Bertz CT molecular complexity index is 1100. The summed E-state index contributed by atoms with van der Waals surface area (Å²) in [4.78, 5) is 14.0. The van der Waals surface area contributed by atoms with Gasteiger partial charge in [-0.05, 0) is 60.8 Å². The highest BCUT2D eigenvalue weighted by Crippen LogP contribution is 2.40. The Kier molecular flexibility index (Phi) is 7.70. The Morgan fingerprint density at radius 3 is 2.56 bits per heavy atom. The van der Waals surface area contributed by atoms with E-state index in [2.05, 4.69) is 11.0 Å². The normalized spacial score (nSPS) is 17.1. The third kappa shape index (κ3) is 5.51. The first-order valence-corrected chi connectivity index (χ1v) is 11.5. The molecule has 0 saturated carbocycles. The molecule has 1 aliphatic heterocycles. The van der Waals surface area contributed by atoms with Crippen LogP contribution in [0.1, 0.15) is 35.6 Å². The SMILES string of the molecule is COc1ccc(OC)c(C(c2cccc(OCc3ccccc3)c2)N2CCCC(C(=O)O)C2)c1.